The SMILES string of the molecule is CC1(C)CCCNC1CNC(=O)c1cnccn1.Cl.Cl. The highest BCUT2D eigenvalue weighted by Gasteiger charge is 2.31. The van der Waals surface area contributed by atoms with E-state index in [-0.39, 0.29) is 36.1 Å². The first-order chi connectivity index (χ1) is 8.59. The fraction of sp³-hybridized carbons (Fsp3) is 0.615. The Bertz CT molecular complexity index is 414. The van der Waals surface area contributed by atoms with Crippen LogP contribution < -0.4 is 10.6 Å². The van der Waals surface area contributed by atoms with E-state index in [4.69, 9.17) is 0 Å². The molecule has 0 spiro atoms. The molecule has 1 fully saturated rings. The number of halogens is 2. The highest BCUT2D eigenvalue weighted by atomic mass is 35.5. The molecule has 0 saturated carbocycles. The van der Waals surface area contributed by atoms with E-state index in [1.807, 2.05) is 0 Å². The Morgan fingerprint density at radius 2 is 2.20 bits per heavy atom. The van der Waals surface area contributed by atoms with Crippen LogP contribution in [-0.4, -0.2) is 35.0 Å². The number of hydrogen-bond acceptors (Lipinski definition) is 4. The van der Waals surface area contributed by atoms with E-state index < -0.39 is 0 Å². The molecule has 1 unspecified atom stereocenters. The average Bonchev–Trinajstić information content (AvgIpc) is 2.38. The van der Waals surface area contributed by atoms with Gasteiger partial charge in [-0.3, -0.25) is 9.78 Å². The molecule has 1 aromatic rings. The summed E-state index contributed by atoms with van der Waals surface area (Å²) in [5.74, 6) is -0.161. The Hall–Kier alpha value is -0.910. The second-order valence-corrected chi connectivity index (χ2v) is 5.40. The van der Waals surface area contributed by atoms with Crippen LogP contribution in [0.2, 0.25) is 0 Å². The third kappa shape index (κ3) is 4.89. The van der Waals surface area contributed by atoms with Crippen molar-refractivity contribution in [2.24, 2.45) is 5.41 Å². The van der Waals surface area contributed by atoms with Crippen molar-refractivity contribution in [3.8, 4) is 0 Å². The first-order valence-corrected chi connectivity index (χ1v) is 6.37. The summed E-state index contributed by atoms with van der Waals surface area (Å²) in [5.41, 5.74) is 0.583. The lowest BCUT2D eigenvalue weighted by Gasteiger charge is -2.39. The summed E-state index contributed by atoms with van der Waals surface area (Å²) in [6.45, 7) is 6.12. The molecule has 1 saturated heterocycles. The lowest BCUT2D eigenvalue weighted by Crippen LogP contribution is -2.52. The lowest BCUT2D eigenvalue weighted by molar-refractivity contribution is 0.0923. The van der Waals surface area contributed by atoms with Gasteiger partial charge in [0.2, 0.25) is 0 Å². The molecule has 0 bridgehead atoms. The monoisotopic (exact) mass is 320 g/mol. The summed E-state index contributed by atoms with van der Waals surface area (Å²) in [4.78, 5) is 19.7. The van der Waals surface area contributed by atoms with Crippen molar-refractivity contribution in [2.45, 2.75) is 32.7 Å². The smallest absolute Gasteiger partial charge is 0.271 e. The van der Waals surface area contributed by atoms with Crippen LogP contribution in [0, 0.1) is 5.41 Å². The Morgan fingerprint density at radius 1 is 1.45 bits per heavy atom. The van der Waals surface area contributed by atoms with Crippen LogP contribution in [0.4, 0.5) is 0 Å². The van der Waals surface area contributed by atoms with E-state index in [1.54, 1.807) is 6.20 Å². The van der Waals surface area contributed by atoms with Gasteiger partial charge in [-0.2, -0.15) is 0 Å². The predicted octanol–water partition coefficient (Wildman–Crippen LogP) is 1.83. The van der Waals surface area contributed by atoms with Gasteiger partial charge < -0.3 is 10.6 Å². The van der Waals surface area contributed by atoms with Gasteiger partial charge in [0.25, 0.3) is 5.91 Å². The van der Waals surface area contributed by atoms with Crippen LogP contribution in [0.5, 0.6) is 0 Å². The maximum Gasteiger partial charge on any atom is 0.271 e. The largest absolute Gasteiger partial charge is 0.349 e. The second kappa shape index (κ2) is 8.39. The molecule has 5 nitrogen and oxygen atoms in total. The van der Waals surface area contributed by atoms with Gasteiger partial charge >= 0.3 is 0 Å². The van der Waals surface area contributed by atoms with E-state index >= 15 is 0 Å². The summed E-state index contributed by atoms with van der Waals surface area (Å²) in [6, 6.07) is 0.312. The summed E-state index contributed by atoms with van der Waals surface area (Å²) < 4.78 is 0. The van der Waals surface area contributed by atoms with Crippen LogP contribution >= 0.6 is 24.8 Å². The van der Waals surface area contributed by atoms with Gasteiger partial charge in [-0.25, -0.2) is 4.98 Å². The molecule has 20 heavy (non-hydrogen) atoms. The third-order valence-corrected chi connectivity index (χ3v) is 3.59. The topological polar surface area (TPSA) is 66.9 Å². The second-order valence-electron chi connectivity index (χ2n) is 5.40. The summed E-state index contributed by atoms with van der Waals surface area (Å²) in [6.07, 6.45) is 6.95. The Labute approximate surface area is 132 Å². The van der Waals surface area contributed by atoms with E-state index in [9.17, 15) is 4.79 Å². The number of carbonyl (C=O) groups excluding carboxylic acids is 1. The predicted molar refractivity (Wildman–Crippen MR) is 83.7 cm³/mol. The van der Waals surface area contributed by atoms with Gasteiger partial charge in [0.1, 0.15) is 5.69 Å². The van der Waals surface area contributed by atoms with Gasteiger partial charge in [-0.05, 0) is 24.8 Å². The molecule has 2 heterocycles. The molecule has 0 radical (unpaired) electrons. The van der Waals surface area contributed by atoms with Crippen LogP contribution in [0.3, 0.4) is 0 Å². The Morgan fingerprint density at radius 3 is 2.80 bits per heavy atom. The number of aromatic nitrogens is 2. The standard InChI is InChI=1S/C13H20N4O.2ClH/c1-13(2)4-3-5-16-11(13)9-17-12(18)10-8-14-6-7-15-10;;/h6-8,11,16H,3-5,9H2,1-2H3,(H,17,18);2*1H. The van der Waals surface area contributed by atoms with Crippen molar-refractivity contribution in [3.05, 3.63) is 24.3 Å². The molecule has 0 aliphatic carbocycles. The van der Waals surface area contributed by atoms with Gasteiger partial charge in [-0.15, -0.1) is 24.8 Å². The quantitative estimate of drug-likeness (QED) is 0.891. The third-order valence-electron chi connectivity index (χ3n) is 3.59. The molecule has 1 aliphatic heterocycles. The normalized spacial score (nSPS) is 20.2. The fourth-order valence-corrected chi connectivity index (χ4v) is 2.32. The van der Waals surface area contributed by atoms with Gasteiger partial charge in [0, 0.05) is 25.0 Å². The van der Waals surface area contributed by atoms with Crippen molar-refractivity contribution in [1.29, 1.82) is 0 Å². The highest BCUT2D eigenvalue weighted by molar-refractivity contribution is 5.91. The molecule has 1 aliphatic rings. The molecule has 2 N–H and O–H groups in total. The zero-order chi connectivity index (χ0) is 13.0. The van der Waals surface area contributed by atoms with Crippen LogP contribution in [0.25, 0.3) is 0 Å². The summed E-state index contributed by atoms with van der Waals surface area (Å²) >= 11 is 0. The number of nitrogens with zero attached hydrogens (tertiary/aromatic N) is 2. The van der Waals surface area contributed by atoms with Crippen LogP contribution in [0.15, 0.2) is 18.6 Å². The summed E-state index contributed by atoms with van der Waals surface area (Å²) in [7, 11) is 0. The zero-order valence-electron chi connectivity index (χ0n) is 11.8. The van der Waals surface area contributed by atoms with E-state index in [2.05, 4.69) is 34.4 Å². The van der Waals surface area contributed by atoms with Crippen molar-refractivity contribution < 1.29 is 4.79 Å². The van der Waals surface area contributed by atoms with E-state index in [0.717, 1.165) is 6.54 Å². The molecule has 7 heteroatoms. The number of piperidine rings is 1. The van der Waals surface area contributed by atoms with E-state index in [1.165, 1.54) is 25.2 Å². The van der Waals surface area contributed by atoms with Gasteiger partial charge in [0.05, 0.1) is 6.20 Å². The van der Waals surface area contributed by atoms with Crippen molar-refractivity contribution >= 4 is 30.7 Å². The molecule has 2 rings (SSSR count). The van der Waals surface area contributed by atoms with Crippen LogP contribution in [-0.2, 0) is 0 Å². The van der Waals surface area contributed by atoms with Crippen LogP contribution in [0.1, 0.15) is 37.2 Å². The number of rotatable bonds is 3. The van der Waals surface area contributed by atoms with Crippen molar-refractivity contribution in [1.82, 2.24) is 20.6 Å². The van der Waals surface area contributed by atoms with Crippen molar-refractivity contribution in [2.75, 3.05) is 13.1 Å². The average molecular weight is 321 g/mol. The number of nitrogens with one attached hydrogen (secondary N) is 2. The molecule has 1 atom stereocenters. The van der Waals surface area contributed by atoms with E-state index in [0.29, 0.717) is 18.3 Å². The van der Waals surface area contributed by atoms with Crippen molar-refractivity contribution in [3.63, 3.8) is 0 Å². The fourth-order valence-electron chi connectivity index (χ4n) is 2.32. The van der Waals surface area contributed by atoms with Gasteiger partial charge in [0.15, 0.2) is 0 Å². The number of carbonyl (C=O) groups is 1. The first kappa shape index (κ1) is 19.1. The maximum absolute atomic E-state index is 11.9. The summed E-state index contributed by atoms with van der Waals surface area (Å²) in [5, 5.41) is 6.39. The molecular weight excluding hydrogens is 299 g/mol. The molecule has 114 valence electrons. The first-order valence-electron chi connectivity index (χ1n) is 6.37. The highest BCUT2D eigenvalue weighted by Crippen LogP contribution is 2.29. The Balaban J connectivity index is 0.00000180. The Kier molecular flexibility index (Phi) is 8.01. The minimum Gasteiger partial charge on any atom is -0.349 e. The lowest BCUT2D eigenvalue weighted by atomic mass is 9.77. The number of hydrogen-bond donors (Lipinski definition) is 2. The zero-order valence-corrected chi connectivity index (χ0v) is 13.4. The molecule has 0 aromatic carbocycles. The molecular formula is C13H22Cl2N4O. The maximum atomic E-state index is 11.9. The number of amides is 1. The molecule has 1 aromatic heterocycles. The molecule has 1 amide bonds. The minimum atomic E-state index is -0.161. The van der Waals surface area contributed by atoms with Gasteiger partial charge in [-0.1, -0.05) is 13.8 Å². The minimum absolute atomic E-state index is 0.